The summed E-state index contributed by atoms with van der Waals surface area (Å²) in [6.07, 6.45) is 3.02. The summed E-state index contributed by atoms with van der Waals surface area (Å²) in [7, 11) is 0. The molecule has 1 atom stereocenters. The summed E-state index contributed by atoms with van der Waals surface area (Å²) in [5, 5.41) is 10.8. The van der Waals surface area contributed by atoms with Gasteiger partial charge in [-0.15, -0.1) is 0 Å². The van der Waals surface area contributed by atoms with Gasteiger partial charge in [-0.25, -0.2) is 0 Å². The van der Waals surface area contributed by atoms with E-state index in [1.54, 1.807) is 12.1 Å². The molecule has 0 amide bonds. The highest BCUT2D eigenvalue weighted by molar-refractivity contribution is 5.83. The Balaban J connectivity index is 1.83. The summed E-state index contributed by atoms with van der Waals surface area (Å²) < 4.78 is 0. The molecule has 106 valence electrons. The van der Waals surface area contributed by atoms with Gasteiger partial charge in [0.1, 0.15) is 0 Å². The summed E-state index contributed by atoms with van der Waals surface area (Å²) in [5.74, 6) is 0. The quantitative estimate of drug-likeness (QED) is 0.477. The molecule has 6 nitrogen and oxygen atoms in total. The van der Waals surface area contributed by atoms with E-state index < -0.39 is 4.92 Å². The monoisotopic (exact) mass is 275 g/mol. The summed E-state index contributed by atoms with van der Waals surface area (Å²) in [6, 6.07) is 5.39. The van der Waals surface area contributed by atoms with E-state index in [0.29, 0.717) is 12.3 Å². The van der Waals surface area contributed by atoms with Crippen LogP contribution in [-0.2, 0) is 0 Å². The first-order valence-corrected chi connectivity index (χ1v) is 6.91. The maximum Gasteiger partial charge on any atom is 0.280 e. The largest absolute Gasteiger partial charge is 0.369 e. The fourth-order valence-electron chi connectivity index (χ4n) is 3.22. The number of benzene rings is 1. The molecule has 3 rings (SSSR count). The first kappa shape index (κ1) is 13.1. The summed E-state index contributed by atoms with van der Waals surface area (Å²) >= 11 is 0. The van der Waals surface area contributed by atoms with Crippen molar-refractivity contribution < 1.29 is 9.72 Å². The normalized spacial score (nSPS) is 22.6. The smallest absolute Gasteiger partial charge is 0.280 e. The summed E-state index contributed by atoms with van der Waals surface area (Å²) in [5.41, 5.74) is 0.939. The van der Waals surface area contributed by atoms with Crippen LogP contribution >= 0.6 is 0 Å². The highest BCUT2D eigenvalue weighted by Gasteiger charge is 2.31. The number of nitrogens with zero attached hydrogens (tertiary/aromatic N) is 3. The maximum absolute atomic E-state index is 11.0. The molecule has 2 fully saturated rings. The second-order valence-corrected chi connectivity index (χ2v) is 5.40. The van der Waals surface area contributed by atoms with Gasteiger partial charge < -0.3 is 4.90 Å². The van der Waals surface area contributed by atoms with Crippen molar-refractivity contribution in [2.45, 2.75) is 18.9 Å². The molecule has 6 heteroatoms. The SMILES string of the molecule is O=Cc1cc(N2CCN3CCCC3C2)ccc1[N+](=O)[O-]. The highest BCUT2D eigenvalue weighted by Crippen LogP contribution is 2.28. The van der Waals surface area contributed by atoms with Crippen LogP contribution in [0.5, 0.6) is 0 Å². The van der Waals surface area contributed by atoms with Crippen LogP contribution < -0.4 is 4.90 Å². The van der Waals surface area contributed by atoms with Crippen molar-refractivity contribution in [2.24, 2.45) is 0 Å². The van der Waals surface area contributed by atoms with Gasteiger partial charge in [-0.2, -0.15) is 0 Å². The van der Waals surface area contributed by atoms with Gasteiger partial charge in [0.2, 0.25) is 0 Å². The Morgan fingerprint density at radius 2 is 2.15 bits per heavy atom. The second kappa shape index (κ2) is 5.20. The Bertz CT molecular complexity index is 546. The van der Waals surface area contributed by atoms with Gasteiger partial charge in [-0.05, 0) is 31.5 Å². The lowest BCUT2D eigenvalue weighted by Gasteiger charge is -2.38. The minimum Gasteiger partial charge on any atom is -0.369 e. The van der Waals surface area contributed by atoms with Gasteiger partial charge in [0, 0.05) is 37.4 Å². The first-order chi connectivity index (χ1) is 9.69. The van der Waals surface area contributed by atoms with Gasteiger partial charge in [0.05, 0.1) is 10.5 Å². The van der Waals surface area contributed by atoms with Gasteiger partial charge in [0.25, 0.3) is 5.69 Å². The fraction of sp³-hybridized carbons (Fsp3) is 0.500. The van der Waals surface area contributed by atoms with E-state index >= 15 is 0 Å². The molecule has 2 aliphatic heterocycles. The Kier molecular flexibility index (Phi) is 3.40. The lowest BCUT2D eigenvalue weighted by molar-refractivity contribution is -0.385. The molecule has 0 spiro atoms. The third kappa shape index (κ3) is 2.27. The minimum atomic E-state index is -0.511. The molecule has 1 aromatic rings. The molecule has 0 saturated carbocycles. The van der Waals surface area contributed by atoms with Crippen molar-refractivity contribution in [1.82, 2.24) is 4.90 Å². The number of anilines is 1. The third-order valence-electron chi connectivity index (χ3n) is 4.29. The molecule has 0 N–H and O–H groups in total. The Labute approximate surface area is 117 Å². The molecule has 2 aliphatic rings. The number of fused-ring (bicyclic) bond motifs is 1. The zero-order valence-corrected chi connectivity index (χ0v) is 11.2. The van der Waals surface area contributed by atoms with E-state index in [4.69, 9.17) is 0 Å². The van der Waals surface area contributed by atoms with Crippen LogP contribution in [0.15, 0.2) is 18.2 Å². The number of carbonyl (C=O) groups excluding carboxylic acids is 1. The number of carbonyl (C=O) groups is 1. The van der Waals surface area contributed by atoms with Crippen molar-refractivity contribution in [3.63, 3.8) is 0 Å². The molecular formula is C14H17N3O3. The second-order valence-electron chi connectivity index (χ2n) is 5.40. The van der Waals surface area contributed by atoms with E-state index in [-0.39, 0.29) is 11.3 Å². The van der Waals surface area contributed by atoms with Crippen LogP contribution in [-0.4, -0.2) is 48.3 Å². The average molecular weight is 275 g/mol. The van der Waals surface area contributed by atoms with Crippen molar-refractivity contribution in [2.75, 3.05) is 31.1 Å². The third-order valence-corrected chi connectivity index (χ3v) is 4.29. The lowest BCUT2D eigenvalue weighted by atomic mass is 10.1. The standard InChI is InChI=1S/C14H17N3O3/c18-10-11-8-12(3-4-14(11)17(19)20)16-7-6-15-5-1-2-13(15)9-16/h3-4,8,10,13H,1-2,5-7,9H2. The van der Waals surface area contributed by atoms with Gasteiger partial charge >= 0.3 is 0 Å². The Morgan fingerprint density at radius 3 is 2.90 bits per heavy atom. The van der Waals surface area contributed by atoms with Crippen molar-refractivity contribution in [1.29, 1.82) is 0 Å². The number of aldehydes is 1. The Hall–Kier alpha value is -1.95. The first-order valence-electron chi connectivity index (χ1n) is 6.91. The average Bonchev–Trinajstić information content (AvgIpc) is 2.93. The molecule has 1 unspecified atom stereocenters. The van der Waals surface area contributed by atoms with Gasteiger partial charge in [-0.1, -0.05) is 0 Å². The molecule has 2 heterocycles. The molecule has 0 aliphatic carbocycles. The van der Waals surface area contributed by atoms with Crippen LogP contribution in [0.2, 0.25) is 0 Å². The van der Waals surface area contributed by atoms with Gasteiger partial charge in [-0.3, -0.25) is 19.8 Å². The molecule has 2 saturated heterocycles. The topological polar surface area (TPSA) is 66.7 Å². The predicted octanol–water partition coefficient (Wildman–Crippen LogP) is 1.69. The van der Waals surface area contributed by atoms with E-state index in [9.17, 15) is 14.9 Å². The van der Waals surface area contributed by atoms with Crippen LogP contribution in [0.3, 0.4) is 0 Å². The number of hydrogen-bond donors (Lipinski definition) is 0. The van der Waals surface area contributed by atoms with Crippen LogP contribution in [0, 0.1) is 10.1 Å². The van der Waals surface area contributed by atoms with E-state index in [1.165, 1.54) is 25.5 Å². The number of rotatable bonds is 3. The maximum atomic E-state index is 11.0. The predicted molar refractivity (Wildman–Crippen MR) is 75.3 cm³/mol. The Morgan fingerprint density at radius 1 is 1.30 bits per heavy atom. The number of nitro benzene ring substituents is 1. The molecule has 0 aromatic heterocycles. The molecule has 0 radical (unpaired) electrons. The molecular weight excluding hydrogens is 258 g/mol. The van der Waals surface area contributed by atoms with Crippen molar-refractivity contribution >= 4 is 17.7 Å². The van der Waals surface area contributed by atoms with Crippen LogP contribution in [0.4, 0.5) is 11.4 Å². The van der Waals surface area contributed by atoms with Crippen LogP contribution in [0.1, 0.15) is 23.2 Å². The minimum absolute atomic E-state index is 0.122. The molecule has 20 heavy (non-hydrogen) atoms. The summed E-state index contributed by atoms with van der Waals surface area (Å²) in [4.78, 5) is 26.1. The molecule has 0 bridgehead atoms. The number of piperazine rings is 1. The number of hydrogen-bond acceptors (Lipinski definition) is 5. The van der Waals surface area contributed by atoms with E-state index in [2.05, 4.69) is 9.80 Å². The summed E-state index contributed by atoms with van der Waals surface area (Å²) in [6.45, 7) is 4.05. The van der Waals surface area contributed by atoms with Gasteiger partial charge in [0.15, 0.2) is 6.29 Å². The van der Waals surface area contributed by atoms with E-state index in [1.807, 2.05) is 0 Å². The van der Waals surface area contributed by atoms with Crippen LogP contribution in [0.25, 0.3) is 0 Å². The highest BCUT2D eigenvalue weighted by atomic mass is 16.6. The molecule has 1 aromatic carbocycles. The van der Waals surface area contributed by atoms with Crippen molar-refractivity contribution in [3.8, 4) is 0 Å². The van der Waals surface area contributed by atoms with Crippen molar-refractivity contribution in [3.05, 3.63) is 33.9 Å². The van der Waals surface area contributed by atoms with E-state index in [0.717, 1.165) is 25.3 Å². The lowest BCUT2D eigenvalue weighted by Crippen LogP contribution is -2.50. The zero-order valence-electron chi connectivity index (χ0n) is 11.2. The number of nitro groups is 1. The fourth-order valence-corrected chi connectivity index (χ4v) is 3.22. The zero-order chi connectivity index (χ0) is 14.1.